The van der Waals surface area contributed by atoms with Crippen molar-refractivity contribution < 1.29 is 19.0 Å². The first kappa shape index (κ1) is 19.2. The van der Waals surface area contributed by atoms with Gasteiger partial charge in [-0.2, -0.15) is 4.98 Å². The Kier molecular flexibility index (Phi) is 5.78. The molecule has 1 unspecified atom stereocenters. The highest BCUT2D eigenvalue weighted by atomic mass is 16.5. The molecule has 2 N–H and O–H groups in total. The van der Waals surface area contributed by atoms with E-state index in [0.717, 1.165) is 5.56 Å². The third-order valence-electron chi connectivity index (χ3n) is 4.09. The molecule has 2 aromatic carbocycles. The first-order valence-electron chi connectivity index (χ1n) is 8.69. The molecule has 8 nitrogen and oxygen atoms in total. The van der Waals surface area contributed by atoms with E-state index < -0.39 is 6.10 Å². The Hall–Kier alpha value is -3.55. The van der Waals surface area contributed by atoms with Gasteiger partial charge < -0.3 is 14.2 Å². The van der Waals surface area contributed by atoms with Crippen molar-refractivity contribution in [2.75, 3.05) is 19.5 Å². The van der Waals surface area contributed by atoms with Gasteiger partial charge in [0.2, 0.25) is 5.95 Å². The molecule has 0 saturated carbocycles. The van der Waals surface area contributed by atoms with Crippen molar-refractivity contribution in [1.29, 1.82) is 0 Å². The Morgan fingerprint density at radius 1 is 1.07 bits per heavy atom. The fourth-order valence-corrected chi connectivity index (χ4v) is 2.52. The van der Waals surface area contributed by atoms with Crippen LogP contribution in [0.15, 0.2) is 42.5 Å². The van der Waals surface area contributed by atoms with Crippen LogP contribution < -0.4 is 19.5 Å². The van der Waals surface area contributed by atoms with Crippen LogP contribution in [-0.4, -0.2) is 41.4 Å². The van der Waals surface area contributed by atoms with Crippen LogP contribution in [0.2, 0.25) is 0 Å². The fraction of sp³-hybridized carbons (Fsp3) is 0.250. The Morgan fingerprint density at radius 3 is 2.46 bits per heavy atom. The number of hydrogen-bond acceptors (Lipinski definition) is 6. The number of anilines is 1. The average molecular weight is 382 g/mol. The molecular weight excluding hydrogens is 360 g/mol. The monoisotopic (exact) mass is 382 g/mol. The molecule has 8 heteroatoms. The number of carbonyl (C=O) groups excluding carboxylic acids is 1. The van der Waals surface area contributed by atoms with Gasteiger partial charge in [-0.3, -0.25) is 15.2 Å². The largest absolute Gasteiger partial charge is 0.497 e. The lowest BCUT2D eigenvalue weighted by Gasteiger charge is -2.13. The van der Waals surface area contributed by atoms with Crippen LogP contribution in [0.25, 0.3) is 11.4 Å². The van der Waals surface area contributed by atoms with E-state index in [1.165, 1.54) is 0 Å². The lowest BCUT2D eigenvalue weighted by Crippen LogP contribution is -2.30. The zero-order valence-corrected chi connectivity index (χ0v) is 16.1. The molecule has 146 valence electrons. The van der Waals surface area contributed by atoms with E-state index in [-0.39, 0.29) is 11.9 Å². The molecule has 1 atom stereocenters. The average Bonchev–Trinajstić information content (AvgIpc) is 3.17. The third kappa shape index (κ3) is 4.40. The Labute approximate surface area is 162 Å². The van der Waals surface area contributed by atoms with Crippen molar-refractivity contribution in [2.45, 2.75) is 20.0 Å². The summed E-state index contributed by atoms with van der Waals surface area (Å²) in [4.78, 5) is 16.7. The molecular formula is C20H22N4O4. The number of aryl methyl sites for hydroxylation is 1. The highest BCUT2D eigenvalue weighted by molar-refractivity contribution is 5.92. The van der Waals surface area contributed by atoms with Crippen LogP contribution in [0.3, 0.4) is 0 Å². The molecule has 0 aliphatic rings. The fourth-order valence-electron chi connectivity index (χ4n) is 2.52. The highest BCUT2D eigenvalue weighted by Gasteiger charge is 2.18. The van der Waals surface area contributed by atoms with Crippen molar-refractivity contribution in [1.82, 2.24) is 15.2 Å². The lowest BCUT2D eigenvalue weighted by molar-refractivity contribution is -0.122. The van der Waals surface area contributed by atoms with E-state index >= 15 is 0 Å². The van der Waals surface area contributed by atoms with E-state index in [1.54, 1.807) is 39.3 Å². The van der Waals surface area contributed by atoms with Gasteiger partial charge in [0.1, 0.15) is 17.2 Å². The van der Waals surface area contributed by atoms with E-state index in [4.69, 9.17) is 14.2 Å². The van der Waals surface area contributed by atoms with Gasteiger partial charge in [-0.25, -0.2) is 0 Å². The van der Waals surface area contributed by atoms with Gasteiger partial charge in [-0.05, 0) is 38.1 Å². The van der Waals surface area contributed by atoms with Crippen LogP contribution in [0, 0.1) is 6.92 Å². The summed E-state index contributed by atoms with van der Waals surface area (Å²) in [6.07, 6.45) is -0.708. The zero-order chi connectivity index (χ0) is 20.1. The predicted molar refractivity (Wildman–Crippen MR) is 105 cm³/mol. The summed E-state index contributed by atoms with van der Waals surface area (Å²) >= 11 is 0. The zero-order valence-electron chi connectivity index (χ0n) is 16.1. The number of ether oxygens (including phenoxy) is 3. The molecule has 0 spiro atoms. The number of hydrogen-bond donors (Lipinski definition) is 2. The molecule has 28 heavy (non-hydrogen) atoms. The summed E-state index contributed by atoms with van der Waals surface area (Å²) in [7, 11) is 3.14. The van der Waals surface area contributed by atoms with E-state index in [9.17, 15) is 4.79 Å². The van der Waals surface area contributed by atoms with Crippen molar-refractivity contribution in [3.63, 3.8) is 0 Å². The minimum Gasteiger partial charge on any atom is -0.497 e. The summed E-state index contributed by atoms with van der Waals surface area (Å²) in [5, 5.41) is 9.48. The number of benzene rings is 2. The van der Waals surface area contributed by atoms with Crippen LogP contribution in [0.5, 0.6) is 17.2 Å². The second-order valence-electron chi connectivity index (χ2n) is 6.14. The van der Waals surface area contributed by atoms with Gasteiger partial charge in [0, 0.05) is 6.07 Å². The standard InChI is InChI=1S/C20H22N4O4/c1-12-5-7-14(8-6-12)28-13(2)19(25)22-20-21-18(23-24-20)16-10-9-15(26-3)11-17(16)27-4/h5-11,13H,1-4H3,(H2,21,22,23,24,25). The normalized spacial score (nSPS) is 11.6. The second kappa shape index (κ2) is 8.43. The molecule has 3 rings (SSSR count). The topological polar surface area (TPSA) is 98.4 Å². The number of aromatic nitrogens is 3. The maximum atomic E-state index is 12.4. The summed E-state index contributed by atoms with van der Waals surface area (Å²) in [5.74, 6) is 2.11. The Morgan fingerprint density at radius 2 is 1.79 bits per heavy atom. The molecule has 0 bridgehead atoms. The molecule has 3 aromatic rings. The number of amides is 1. The highest BCUT2D eigenvalue weighted by Crippen LogP contribution is 2.31. The number of aromatic amines is 1. The molecule has 1 heterocycles. The van der Waals surface area contributed by atoms with Gasteiger partial charge in [0.25, 0.3) is 5.91 Å². The molecule has 0 radical (unpaired) electrons. The van der Waals surface area contributed by atoms with E-state index in [0.29, 0.717) is 28.6 Å². The lowest BCUT2D eigenvalue weighted by atomic mass is 10.2. The van der Waals surface area contributed by atoms with Gasteiger partial charge >= 0.3 is 0 Å². The molecule has 1 amide bonds. The molecule has 1 aromatic heterocycles. The van der Waals surface area contributed by atoms with Crippen LogP contribution >= 0.6 is 0 Å². The molecule has 0 aliphatic carbocycles. The number of methoxy groups -OCH3 is 2. The number of carbonyl (C=O) groups is 1. The van der Waals surface area contributed by atoms with E-state index in [2.05, 4.69) is 20.5 Å². The minimum atomic E-state index is -0.708. The van der Waals surface area contributed by atoms with Crippen molar-refractivity contribution in [3.05, 3.63) is 48.0 Å². The van der Waals surface area contributed by atoms with Gasteiger partial charge in [-0.1, -0.05) is 17.7 Å². The number of nitrogens with one attached hydrogen (secondary N) is 2. The third-order valence-corrected chi connectivity index (χ3v) is 4.09. The Bertz CT molecular complexity index is 953. The number of nitrogens with zero attached hydrogens (tertiary/aromatic N) is 2. The van der Waals surface area contributed by atoms with Gasteiger partial charge in [0.15, 0.2) is 11.9 Å². The predicted octanol–water partition coefficient (Wildman–Crippen LogP) is 3.20. The van der Waals surface area contributed by atoms with Gasteiger partial charge in [-0.15, -0.1) is 5.10 Å². The van der Waals surface area contributed by atoms with Gasteiger partial charge in [0.05, 0.1) is 19.8 Å². The van der Waals surface area contributed by atoms with Crippen LogP contribution in [-0.2, 0) is 4.79 Å². The Balaban J connectivity index is 1.68. The smallest absolute Gasteiger partial charge is 0.267 e. The quantitative estimate of drug-likeness (QED) is 0.651. The number of rotatable bonds is 7. The number of H-pyrrole nitrogens is 1. The first-order chi connectivity index (χ1) is 13.5. The summed E-state index contributed by atoms with van der Waals surface area (Å²) in [5.41, 5.74) is 1.81. The van der Waals surface area contributed by atoms with Crippen molar-refractivity contribution in [2.24, 2.45) is 0 Å². The molecule has 0 fully saturated rings. The second-order valence-corrected chi connectivity index (χ2v) is 6.14. The maximum Gasteiger partial charge on any atom is 0.267 e. The molecule has 0 saturated heterocycles. The SMILES string of the molecule is COc1ccc(-c2nc(NC(=O)C(C)Oc3ccc(C)cc3)n[nH]2)c(OC)c1. The summed E-state index contributed by atoms with van der Waals surface area (Å²) < 4.78 is 16.2. The minimum absolute atomic E-state index is 0.150. The maximum absolute atomic E-state index is 12.4. The van der Waals surface area contributed by atoms with E-state index in [1.807, 2.05) is 31.2 Å². The van der Waals surface area contributed by atoms with Crippen molar-refractivity contribution >= 4 is 11.9 Å². The van der Waals surface area contributed by atoms with Crippen LogP contribution in [0.1, 0.15) is 12.5 Å². The van der Waals surface area contributed by atoms with Crippen molar-refractivity contribution in [3.8, 4) is 28.6 Å². The first-order valence-corrected chi connectivity index (χ1v) is 8.69. The summed E-state index contributed by atoms with van der Waals surface area (Å²) in [6, 6.07) is 12.8. The van der Waals surface area contributed by atoms with Crippen LogP contribution in [0.4, 0.5) is 5.95 Å². The molecule has 0 aliphatic heterocycles. The summed E-state index contributed by atoms with van der Waals surface area (Å²) in [6.45, 7) is 3.65.